The van der Waals surface area contributed by atoms with Gasteiger partial charge in [0.15, 0.2) is 0 Å². The second-order valence-electron chi connectivity index (χ2n) is 3.90. The summed E-state index contributed by atoms with van der Waals surface area (Å²) in [6.45, 7) is 1.04. The lowest BCUT2D eigenvalue weighted by molar-refractivity contribution is -0.114. The van der Waals surface area contributed by atoms with Crippen molar-refractivity contribution in [2.45, 2.75) is 19.3 Å². The minimum Gasteiger partial charge on any atom is -0.396 e. The van der Waals surface area contributed by atoms with Crippen molar-refractivity contribution in [1.29, 1.82) is 0 Å². The SMILES string of the molecule is NCC(=O)Nc1ccc(NCCCCCO)cn1. The van der Waals surface area contributed by atoms with Gasteiger partial charge < -0.3 is 21.5 Å². The first-order valence-corrected chi connectivity index (χ1v) is 6.07. The molecule has 0 fully saturated rings. The lowest BCUT2D eigenvalue weighted by Crippen LogP contribution is -2.22. The predicted octanol–water partition coefficient (Wildman–Crippen LogP) is 0.553. The van der Waals surface area contributed by atoms with Gasteiger partial charge in [-0.25, -0.2) is 4.98 Å². The van der Waals surface area contributed by atoms with Crippen LogP contribution in [0.4, 0.5) is 11.5 Å². The van der Waals surface area contributed by atoms with Crippen LogP contribution in [-0.2, 0) is 4.79 Å². The van der Waals surface area contributed by atoms with E-state index in [9.17, 15) is 4.79 Å². The van der Waals surface area contributed by atoms with Gasteiger partial charge in [0.1, 0.15) is 5.82 Å². The highest BCUT2D eigenvalue weighted by molar-refractivity contribution is 5.91. The average molecular weight is 252 g/mol. The molecule has 0 aliphatic rings. The summed E-state index contributed by atoms with van der Waals surface area (Å²) >= 11 is 0. The Balaban J connectivity index is 2.29. The van der Waals surface area contributed by atoms with E-state index in [4.69, 9.17) is 10.8 Å². The van der Waals surface area contributed by atoms with Crippen LogP contribution in [0.5, 0.6) is 0 Å². The highest BCUT2D eigenvalue weighted by atomic mass is 16.2. The Morgan fingerprint density at radius 1 is 1.33 bits per heavy atom. The lowest BCUT2D eigenvalue weighted by atomic mass is 10.2. The second kappa shape index (κ2) is 8.43. The maximum absolute atomic E-state index is 11.0. The van der Waals surface area contributed by atoms with E-state index >= 15 is 0 Å². The first kappa shape index (κ1) is 14.4. The number of nitrogens with two attached hydrogens (primary N) is 1. The zero-order valence-corrected chi connectivity index (χ0v) is 10.4. The highest BCUT2D eigenvalue weighted by Crippen LogP contribution is 2.09. The number of carbonyl (C=O) groups is 1. The van der Waals surface area contributed by atoms with Crippen LogP contribution in [0.15, 0.2) is 18.3 Å². The van der Waals surface area contributed by atoms with Crippen LogP contribution >= 0.6 is 0 Å². The second-order valence-corrected chi connectivity index (χ2v) is 3.90. The zero-order chi connectivity index (χ0) is 13.2. The number of hydrogen-bond donors (Lipinski definition) is 4. The predicted molar refractivity (Wildman–Crippen MR) is 71.3 cm³/mol. The van der Waals surface area contributed by atoms with Crippen molar-refractivity contribution >= 4 is 17.4 Å². The molecule has 5 N–H and O–H groups in total. The van der Waals surface area contributed by atoms with E-state index < -0.39 is 0 Å². The molecule has 0 unspecified atom stereocenters. The summed E-state index contributed by atoms with van der Waals surface area (Å²) in [5, 5.41) is 14.4. The van der Waals surface area contributed by atoms with Crippen LogP contribution < -0.4 is 16.4 Å². The van der Waals surface area contributed by atoms with Crippen LogP contribution in [0.25, 0.3) is 0 Å². The maximum Gasteiger partial charge on any atom is 0.239 e. The monoisotopic (exact) mass is 252 g/mol. The van der Waals surface area contributed by atoms with Gasteiger partial charge in [-0.15, -0.1) is 0 Å². The first-order chi connectivity index (χ1) is 8.76. The van der Waals surface area contributed by atoms with Crippen molar-refractivity contribution in [3.8, 4) is 0 Å². The van der Waals surface area contributed by atoms with E-state index in [-0.39, 0.29) is 19.1 Å². The van der Waals surface area contributed by atoms with E-state index in [2.05, 4.69) is 15.6 Å². The van der Waals surface area contributed by atoms with E-state index in [1.165, 1.54) is 0 Å². The molecule has 18 heavy (non-hydrogen) atoms. The van der Waals surface area contributed by atoms with Crippen molar-refractivity contribution in [2.75, 3.05) is 30.3 Å². The smallest absolute Gasteiger partial charge is 0.239 e. The highest BCUT2D eigenvalue weighted by Gasteiger charge is 2.00. The van der Waals surface area contributed by atoms with Crippen LogP contribution in [0, 0.1) is 0 Å². The van der Waals surface area contributed by atoms with Gasteiger partial charge in [0.2, 0.25) is 5.91 Å². The van der Waals surface area contributed by atoms with Crippen LogP contribution in [0.2, 0.25) is 0 Å². The van der Waals surface area contributed by atoms with Gasteiger partial charge in [0, 0.05) is 13.2 Å². The molecule has 0 saturated heterocycles. The minimum atomic E-state index is -0.257. The van der Waals surface area contributed by atoms with Crippen molar-refractivity contribution in [3.05, 3.63) is 18.3 Å². The number of nitrogens with one attached hydrogen (secondary N) is 2. The van der Waals surface area contributed by atoms with E-state index in [1.54, 1.807) is 12.3 Å². The molecular formula is C12H20N4O2. The summed E-state index contributed by atoms with van der Waals surface area (Å²) in [5.74, 6) is 0.239. The quantitative estimate of drug-likeness (QED) is 0.506. The summed E-state index contributed by atoms with van der Waals surface area (Å²) in [7, 11) is 0. The van der Waals surface area contributed by atoms with Gasteiger partial charge in [-0.1, -0.05) is 0 Å². The number of nitrogens with zero attached hydrogens (tertiary/aromatic N) is 1. The number of rotatable bonds is 8. The molecule has 1 rings (SSSR count). The van der Waals surface area contributed by atoms with Crippen molar-refractivity contribution in [3.63, 3.8) is 0 Å². The minimum absolute atomic E-state index is 0.0491. The summed E-state index contributed by atoms with van der Waals surface area (Å²) in [4.78, 5) is 15.1. The first-order valence-electron chi connectivity index (χ1n) is 6.07. The molecule has 0 atom stereocenters. The molecule has 1 heterocycles. The third-order valence-corrected chi connectivity index (χ3v) is 2.38. The molecule has 0 spiro atoms. The molecule has 6 heteroatoms. The van der Waals surface area contributed by atoms with Crippen LogP contribution in [0.3, 0.4) is 0 Å². The molecule has 6 nitrogen and oxygen atoms in total. The Bertz CT molecular complexity index is 354. The topological polar surface area (TPSA) is 100 Å². The average Bonchev–Trinajstić information content (AvgIpc) is 2.40. The molecule has 0 radical (unpaired) electrons. The molecule has 100 valence electrons. The van der Waals surface area contributed by atoms with Crippen molar-refractivity contribution < 1.29 is 9.90 Å². The third-order valence-electron chi connectivity index (χ3n) is 2.38. The number of unbranched alkanes of at least 4 members (excludes halogenated alkanes) is 2. The number of anilines is 2. The Morgan fingerprint density at radius 2 is 2.17 bits per heavy atom. The fourth-order valence-electron chi connectivity index (χ4n) is 1.41. The Labute approximate surface area is 107 Å². The third kappa shape index (κ3) is 5.60. The summed E-state index contributed by atoms with van der Waals surface area (Å²) < 4.78 is 0. The summed E-state index contributed by atoms with van der Waals surface area (Å²) in [6.07, 6.45) is 4.51. The number of pyridine rings is 1. The zero-order valence-electron chi connectivity index (χ0n) is 10.4. The number of aliphatic hydroxyl groups excluding tert-OH is 1. The molecule has 1 amide bonds. The van der Waals surface area contributed by atoms with E-state index in [0.717, 1.165) is 31.5 Å². The molecule has 0 aromatic carbocycles. The van der Waals surface area contributed by atoms with E-state index in [0.29, 0.717) is 5.82 Å². The van der Waals surface area contributed by atoms with Crippen molar-refractivity contribution in [1.82, 2.24) is 4.98 Å². The summed E-state index contributed by atoms with van der Waals surface area (Å²) in [5.41, 5.74) is 6.09. The number of aliphatic hydroxyl groups is 1. The Kier molecular flexibility index (Phi) is 6.75. The molecule has 1 aromatic heterocycles. The normalized spacial score (nSPS) is 10.1. The van der Waals surface area contributed by atoms with Gasteiger partial charge in [0.05, 0.1) is 18.4 Å². The molecule has 1 aromatic rings. The fourth-order valence-corrected chi connectivity index (χ4v) is 1.41. The largest absolute Gasteiger partial charge is 0.396 e. The van der Waals surface area contributed by atoms with Crippen molar-refractivity contribution in [2.24, 2.45) is 5.73 Å². The molecule has 0 aliphatic heterocycles. The molecular weight excluding hydrogens is 232 g/mol. The number of hydrogen-bond acceptors (Lipinski definition) is 5. The Morgan fingerprint density at radius 3 is 2.78 bits per heavy atom. The standard InChI is InChI=1S/C12H20N4O2/c13-8-12(18)16-11-5-4-10(9-15-11)14-6-2-1-3-7-17/h4-5,9,14,17H,1-3,6-8,13H2,(H,15,16,18). The Hall–Kier alpha value is -1.66. The molecule has 0 bridgehead atoms. The van der Waals surface area contributed by atoms with Gasteiger partial charge >= 0.3 is 0 Å². The van der Waals surface area contributed by atoms with Gasteiger partial charge in [0.25, 0.3) is 0 Å². The molecule has 0 saturated carbocycles. The fraction of sp³-hybridized carbons (Fsp3) is 0.500. The van der Waals surface area contributed by atoms with Crippen LogP contribution in [-0.4, -0.2) is 35.7 Å². The lowest BCUT2D eigenvalue weighted by Gasteiger charge is -2.07. The molecule has 0 aliphatic carbocycles. The number of carbonyl (C=O) groups excluding carboxylic acids is 1. The van der Waals surface area contributed by atoms with Gasteiger partial charge in [-0.3, -0.25) is 4.79 Å². The summed E-state index contributed by atoms with van der Waals surface area (Å²) in [6, 6.07) is 3.58. The van der Waals surface area contributed by atoms with Gasteiger partial charge in [-0.2, -0.15) is 0 Å². The maximum atomic E-state index is 11.0. The number of aromatic nitrogens is 1. The number of amides is 1. The van der Waals surface area contributed by atoms with Crippen LogP contribution in [0.1, 0.15) is 19.3 Å². The van der Waals surface area contributed by atoms with Gasteiger partial charge in [-0.05, 0) is 31.4 Å². The van der Waals surface area contributed by atoms with E-state index in [1.807, 2.05) is 6.07 Å².